The second-order valence-corrected chi connectivity index (χ2v) is 5.41. The molecule has 5 heteroatoms. The predicted octanol–water partition coefficient (Wildman–Crippen LogP) is 3.26. The molecule has 0 radical (unpaired) electrons. The standard InChI is InChI=1S/C15H14BrNO3/c16-14-7-6-12(20-14)15(18)17-8-9-19-13(10-17)11-4-2-1-3-5-11/h1-7,13H,8-10H2/t13-/m0/s1. The Morgan fingerprint density at radius 3 is 2.70 bits per heavy atom. The maximum atomic E-state index is 12.3. The van der Waals surface area contributed by atoms with Gasteiger partial charge in [0.05, 0.1) is 13.2 Å². The minimum absolute atomic E-state index is 0.0766. The third-order valence-corrected chi connectivity index (χ3v) is 3.74. The smallest absolute Gasteiger partial charge is 0.289 e. The summed E-state index contributed by atoms with van der Waals surface area (Å²) in [5, 5.41) is 0. The van der Waals surface area contributed by atoms with Crippen LogP contribution in [0.4, 0.5) is 0 Å². The van der Waals surface area contributed by atoms with E-state index in [1.54, 1.807) is 17.0 Å². The molecule has 1 atom stereocenters. The predicted molar refractivity (Wildman–Crippen MR) is 77.4 cm³/mol. The molecule has 4 nitrogen and oxygen atoms in total. The number of hydrogen-bond acceptors (Lipinski definition) is 3. The molecule has 2 aromatic rings. The Labute approximate surface area is 125 Å². The normalized spacial score (nSPS) is 19.1. The van der Waals surface area contributed by atoms with Gasteiger partial charge in [0.1, 0.15) is 6.10 Å². The molecule has 1 saturated heterocycles. The Balaban J connectivity index is 1.74. The van der Waals surface area contributed by atoms with Crippen molar-refractivity contribution in [1.82, 2.24) is 4.90 Å². The Morgan fingerprint density at radius 2 is 2.00 bits per heavy atom. The van der Waals surface area contributed by atoms with Crippen LogP contribution in [0, 0.1) is 0 Å². The minimum Gasteiger partial charge on any atom is -0.444 e. The minimum atomic E-state index is -0.0973. The summed E-state index contributed by atoms with van der Waals surface area (Å²) in [7, 11) is 0. The molecular formula is C15H14BrNO3. The third kappa shape index (κ3) is 2.78. The molecule has 2 heterocycles. The van der Waals surface area contributed by atoms with Crippen molar-refractivity contribution in [2.75, 3.05) is 19.7 Å². The topological polar surface area (TPSA) is 42.7 Å². The number of furan rings is 1. The third-order valence-electron chi connectivity index (χ3n) is 3.31. The fourth-order valence-corrected chi connectivity index (χ4v) is 2.59. The van der Waals surface area contributed by atoms with Crippen molar-refractivity contribution in [2.24, 2.45) is 0 Å². The van der Waals surface area contributed by atoms with Crippen molar-refractivity contribution in [1.29, 1.82) is 0 Å². The fraction of sp³-hybridized carbons (Fsp3) is 0.267. The lowest BCUT2D eigenvalue weighted by molar-refractivity contribution is -0.0238. The monoisotopic (exact) mass is 335 g/mol. The van der Waals surface area contributed by atoms with Crippen LogP contribution in [-0.2, 0) is 4.74 Å². The molecule has 104 valence electrons. The highest BCUT2D eigenvalue weighted by molar-refractivity contribution is 9.10. The molecule has 0 bridgehead atoms. The summed E-state index contributed by atoms with van der Waals surface area (Å²) in [6, 6.07) is 13.4. The van der Waals surface area contributed by atoms with Gasteiger partial charge in [-0.2, -0.15) is 0 Å². The Bertz CT molecular complexity index is 596. The maximum Gasteiger partial charge on any atom is 0.289 e. The van der Waals surface area contributed by atoms with Crippen molar-refractivity contribution in [3.05, 3.63) is 58.5 Å². The Kier molecular flexibility index (Phi) is 3.89. The number of benzene rings is 1. The molecule has 1 aliphatic heterocycles. The Morgan fingerprint density at radius 1 is 1.20 bits per heavy atom. The number of rotatable bonds is 2. The van der Waals surface area contributed by atoms with Gasteiger partial charge >= 0.3 is 0 Å². The summed E-state index contributed by atoms with van der Waals surface area (Å²) in [6.07, 6.45) is -0.0766. The van der Waals surface area contributed by atoms with Gasteiger partial charge in [0.25, 0.3) is 5.91 Å². The Hall–Kier alpha value is -1.59. The molecule has 0 unspecified atom stereocenters. The zero-order valence-electron chi connectivity index (χ0n) is 10.8. The average Bonchev–Trinajstić information content (AvgIpc) is 2.94. The quantitative estimate of drug-likeness (QED) is 0.845. The van der Waals surface area contributed by atoms with Crippen LogP contribution >= 0.6 is 15.9 Å². The van der Waals surface area contributed by atoms with Crippen LogP contribution in [0.1, 0.15) is 22.2 Å². The van der Waals surface area contributed by atoms with Crippen LogP contribution < -0.4 is 0 Å². The molecule has 3 rings (SSSR count). The van der Waals surface area contributed by atoms with E-state index in [-0.39, 0.29) is 12.0 Å². The van der Waals surface area contributed by atoms with Gasteiger partial charge in [-0.15, -0.1) is 0 Å². The maximum absolute atomic E-state index is 12.3. The molecular weight excluding hydrogens is 322 g/mol. The summed E-state index contributed by atoms with van der Waals surface area (Å²) in [4.78, 5) is 14.1. The number of halogens is 1. The molecule has 0 saturated carbocycles. The van der Waals surface area contributed by atoms with E-state index in [0.29, 0.717) is 30.1 Å². The van der Waals surface area contributed by atoms with E-state index in [2.05, 4.69) is 15.9 Å². The van der Waals surface area contributed by atoms with Crippen LogP contribution in [0.25, 0.3) is 0 Å². The molecule has 1 amide bonds. The molecule has 1 aliphatic rings. The highest BCUT2D eigenvalue weighted by atomic mass is 79.9. The molecule has 20 heavy (non-hydrogen) atoms. The van der Waals surface area contributed by atoms with Crippen molar-refractivity contribution >= 4 is 21.8 Å². The number of carbonyl (C=O) groups is 1. The van der Waals surface area contributed by atoms with Crippen molar-refractivity contribution in [3.8, 4) is 0 Å². The molecule has 0 N–H and O–H groups in total. The highest BCUT2D eigenvalue weighted by Crippen LogP contribution is 2.24. The van der Waals surface area contributed by atoms with E-state index in [1.165, 1.54) is 0 Å². The average molecular weight is 336 g/mol. The van der Waals surface area contributed by atoms with E-state index >= 15 is 0 Å². The van der Waals surface area contributed by atoms with Crippen molar-refractivity contribution < 1.29 is 13.9 Å². The number of hydrogen-bond donors (Lipinski definition) is 0. The lowest BCUT2D eigenvalue weighted by atomic mass is 10.1. The number of morpholine rings is 1. The van der Waals surface area contributed by atoms with Gasteiger partial charge in [-0.3, -0.25) is 4.79 Å². The summed E-state index contributed by atoms with van der Waals surface area (Å²) < 4.78 is 11.6. The fourth-order valence-electron chi connectivity index (χ4n) is 2.29. The first-order valence-electron chi connectivity index (χ1n) is 6.45. The number of amides is 1. The lowest BCUT2D eigenvalue weighted by Crippen LogP contribution is -2.42. The largest absolute Gasteiger partial charge is 0.444 e. The number of ether oxygens (including phenoxy) is 1. The zero-order valence-corrected chi connectivity index (χ0v) is 12.4. The van der Waals surface area contributed by atoms with E-state index in [1.807, 2.05) is 30.3 Å². The first kappa shape index (κ1) is 13.4. The number of nitrogens with zero attached hydrogens (tertiary/aromatic N) is 1. The van der Waals surface area contributed by atoms with Gasteiger partial charge in [-0.05, 0) is 33.6 Å². The second-order valence-electron chi connectivity index (χ2n) is 4.63. The first-order chi connectivity index (χ1) is 9.74. The van der Waals surface area contributed by atoms with Crippen LogP contribution in [-0.4, -0.2) is 30.5 Å². The highest BCUT2D eigenvalue weighted by Gasteiger charge is 2.27. The van der Waals surface area contributed by atoms with Crippen molar-refractivity contribution in [2.45, 2.75) is 6.10 Å². The van der Waals surface area contributed by atoms with Crippen molar-refractivity contribution in [3.63, 3.8) is 0 Å². The molecule has 1 fully saturated rings. The van der Waals surface area contributed by atoms with Gasteiger partial charge in [0.2, 0.25) is 0 Å². The second kappa shape index (κ2) is 5.81. The van der Waals surface area contributed by atoms with Crippen LogP contribution in [0.2, 0.25) is 0 Å². The summed E-state index contributed by atoms with van der Waals surface area (Å²) >= 11 is 3.21. The zero-order chi connectivity index (χ0) is 13.9. The van der Waals surface area contributed by atoms with E-state index < -0.39 is 0 Å². The van der Waals surface area contributed by atoms with Gasteiger partial charge in [0, 0.05) is 6.54 Å². The lowest BCUT2D eigenvalue weighted by Gasteiger charge is -2.32. The first-order valence-corrected chi connectivity index (χ1v) is 7.24. The van der Waals surface area contributed by atoms with Crippen LogP contribution in [0.3, 0.4) is 0 Å². The molecule has 0 aliphatic carbocycles. The number of carbonyl (C=O) groups excluding carboxylic acids is 1. The van der Waals surface area contributed by atoms with E-state index in [4.69, 9.17) is 9.15 Å². The SMILES string of the molecule is O=C(c1ccc(Br)o1)N1CCO[C@H](c2ccccc2)C1. The summed E-state index contributed by atoms with van der Waals surface area (Å²) in [5.74, 6) is 0.255. The van der Waals surface area contributed by atoms with E-state index in [0.717, 1.165) is 5.56 Å². The van der Waals surface area contributed by atoms with Gasteiger partial charge in [-0.25, -0.2) is 0 Å². The van der Waals surface area contributed by atoms with E-state index in [9.17, 15) is 4.79 Å². The van der Waals surface area contributed by atoms with Gasteiger partial charge in [0.15, 0.2) is 10.4 Å². The summed E-state index contributed by atoms with van der Waals surface area (Å²) in [5.41, 5.74) is 1.09. The van der Waals surface area contributed by atoms with Crippen LogP contribution in [0.5, 0.6) is 0 Å². The molecule has 1 aromatic heterocycles. The summed E-state index contributed by atoms with van der Waals surface area (Å²) in [6.45, 7) is 1.66. The van der Waals surface area contributed by atoms with Gasteiger partial charge in [-0.1, -0.05) is 30.3 Å². The molecule has 0 spiro atoms. The van der Waals surface area contributed by atoms with Crippen LogP contribution in [0.15, 0.2) is 51.6 Å². The molecule has 1 aromatic carbocycles. The van der Waals surface area contributed by atoms with Gasteiger partial charge < -0.3 is 14.1 Å².